The molecule has 124 valence electrons. The van der Waals surface area contributed by atoms with Gasteiger partial charge in [0.1, 0.15) is 0 Å². The smallest absolute Gasteiger partial charge is 0.254 e. The zero-order chi connectivity index (χ0) is 16.4. The monoisotopic (exact) mass is 340 g/mol. The van der Waals surface area contributed by atoms with Crippen molar-refractivity contribution >= 4 is 28.1 Å². The van der Waals surface area contributed by atoms with E-state index >= 15 is 0 Å². The molecule has 5 heteroatoms. The first kappa shape index (κ1) is 15.4. The third kappa shape index (κ3) is 3.23. The predicted octanol–water partition coefficient (Wildman–Crippen LogP) is 3.56. The van der Waals surface area contributed by atoms with E-state index in [1.807, 2.05) is 27.9 Å². The van der Waals surface area contributed by atoms with E-state index in [1.165, 1.54) is 10.9 Å². The van der Waals surface area contributed by atoms with Crippen LogP contribution in [0.1, 0.15) is 15.9 Å². The van der Waals surface area contributed by atoms with Crippen molar-refractivity contribution in [2.24, 2.45) is 5.92 Å². The van der Waals surface area contributed by atoms with Crippen molar-refractivity contribution in [1.29, 1.82) is 0 Å². The Morgan fingerprint density at radius 3 is 3.17 bits per heavy atom. The molecule has 1 fully saturated rings. The van der Waals surface area contributed by atoms with E-state index in [1.54, 1.807) is 11.3 Å². The fraction of sp³-hybridized carbons (Fsp3) is 0.316. The van der Waals surface area contributed by atoms with Gasteiger partial charge in [0, 0.05) is 36.1 Å². The van der Waals surface area contributed by atoms with Crippen LogP contribution in [0.2, 0.25) is 0 Å². The van der Waals surface area contributed by atoms with Crippen molar-refractivity contribution in [3.8, 4) is 0 Å². The lowest BCUT2D eigenvalue weighted by atomic mass is 9.98. The molecule has 1 saturated heterocycles. The average molecular weight is 340 g/mol. The zero-order valence-electron chi connectivity index (χ0n) is 13.4. The Hall–Kier alpha value is -2.11. The molecule has 24 heavy (non-hydrogen) atoms. The number of rotatable bonds is 3. The first-order valence-electron chi connectivity index (χ1n) is 8.25. The van der Waals surface area contributed by atoms with Gasteiger partial charge in [-0.1, -0.05) is 6.07 Å². The van der Waals surface area contributed by atoms with Crippen molar-refractivity contribution in [3.63, 3.8) is 0 Å². The Balaban J connectivity index is 1.48. The summed E-state index contributed by atoms with van der Waals surface area (Å²) in [6, 6.07) is 10.5. The summed E-state index contributed by atoms with van der Waals surface area (Å²) >= 11 is 1.56. The van der Waals surface area contributed by atoms with Gasteiger partial charge >= 0.3 is 0 Å². The number of nitrogens with one attached hydrogen (secondary N) is 1. The van der Waals surface area contributed by atoms with Gasteiger partial charge in [0.2, 0.25) is 0 Å². The number of amides is 1. The highest BCUT2D eigenvalue weighted by Gasteiger charge is 2.23. The molecule has 1 aliphatic rings. The quantitative estimate of drug-likeness (QED) is 0.792. The fourth-order valence-electron chi connectivity index (χ4n) is 3.32. The first-order chi connectivity index (χ1) is 11.8. The highest BCUT2D eigenvalue weighted by atomic mass is 32.1. The Kier molecular flexibility index (Phi) is 4.36. The Morgan fingerprint density at radius 2 is 2.29 bits per heavy atom. The summed E-state index contributed by atoms with van der Waals surface area (Å²) in [5.74, 6) is 0.444. The van der Waals surface area contributed by atoms with Gasteiger partial charge in [-0.3, -0.25) is 4.79 Å². The lowest BCUT2D eigenvalue weighted by Crippen LogP contribution is -2.36. The minimum Gasteiger partial charge on any atom is -0.379 e. The number of hydrogen-bond donors (Lipinski definition) is 1. The molecule has 0 unspecified atom stereocenters. The molecular formula is C19H20N2O2S. The van der Waals surface area contributed by atoms with Gasteiger partial charge in [-0.15, -0.1) is 0 Å². The number of ether oxygens (including phenoxy) is 1. The predicted molar refractivity (Wildman–Crippen MR) is 96.5 cm³/mol. The molecule has 0 saturated carbocycles. The molecule has 0 aliphatic carbocycles. The number of H-pyrrole nitrogens is 1. The summed E-state index contributed by atoms with van der Waals surface area (Å²) in [5.41, 5.74) is 3.24. The van der Waals surface area contributed by atoms with Gasteiger partial charge in [-0.05, 0) is 47.0 Å². The summed E-state index contributed by atoms with van der Waals surface area (Å²) < 4.78 is 5.75. The Bertz CT molecular complexity index is 825. The van der Waals surface area contributed by atoms with Crippen LogP contribution in [0.15, 0.2) is 47.3 Å². The van der Waals surface area contributed by atoms with Crippen LogP contribution in [0.3, 0.4) is 0 Å². The summed E-state index contributed by atoms with van der Waals surface area (Å²) in [6.45, 7) is 2.74. The average Bonchev–Trinajstić information content (AvgIpc) is 3.23. The zero-order valence-corrected chi connectivity index (χ0v) is 14.2. The molecule has 1 aliphatic heterocycles. The highest BCUT2D eigenvalue weighted by molar-refractivity contribution is 7.08. The number of fused-ring (bicyclic) bond motifs is 1. The largest absolute Gasteiger partial charge is 0.379 e. The molecule has 0 spiro atoms. The molecule has 3 aromatic rings. The molecule has 2 aromatic heterocycles. The van der Waals surface area contributed by atoms with E-state index in [-0.39, 0.29) is 5.91 Å². The molecule has 4 nitrogen and oxygen atoms in total. The van der Waals surface area contributed by atoms with Crippen molar-refractivity contribution in [2.75, 3.05) is 26.3 Å². The number of benzene rings is 1. The minimum atomic E-state index is 0.118. The third-order valence-corrected chi connectivity index (χ3v) is 5.22. The molecule has 1 N–H and O–H groups in total. The van der Waals surface area contributed by atoms with Crippen LogP contribution in [-0.2, 0) is 11.2 Å². The van der Waals surface area contributed by atoms with Crippen LogP contribution < -0.4 is 0 Å². The Labute approximate surface area is 145 Å². The first-order valence-corrected chi connectivity index (χ1v) is 9.19. The normalized spacial score (nSPS) is 18.7. The number of aromatic nitrogens is 1. The maximum Gasteiger partial charge on any atom is 0.254 e. The van der Waals surface area contributed by atoms with Crippen LogP contribution in [0, 0.1) is 5.92 Å². The van der Waals surface area contributed by atoms with E-state index in [9.17, 15) is 4.79 Å². The maximum atomic E-state index is 12.6. The number of hydrogen-bond acceptors (Lipinski definition) is 3. The summed E-state index contributed by atoms with van der Waals surface area (Å²) in [7, 11) is 0. The number of thiophene rings is 1. The number of nitrogens with zero attached hydrogens (tertiary/aromatic N) is 1. The lowest BCUT2D eigenvalue weighted by Gasteiger charge is -2.23. The van der Waals surface area contributed by atoms with E-state index in [2.05, 4.69) is 29.2 Å². The second-order valence-electron chi connectivity index (χ2n) is 6.31. The second kappa shape index (κ2) is 6.79. The highest BCUT2D eigenvalue weighted by Crippen LogP contribution is 2.20. The van der Waals surface area contributed by atoms with Gasteiger partial charge in [0.25, 0.3) is 5.91 Å². The van der Waals surface area contributed by atoms with Crippen LogP contribution in [0.4, 0.5) is 0 Å². The van der Waals surface area contributed by atoms with E-state index in [0.29, 0.717) is 25.7 Å². The molecule has 3 heterocycles. The molecule has 0 bridgehead atoms. The fourth-order valence-corrected chi connectivity index (χ4v) is 3.95. The SMILES string of the molecule is O=C(c1ccsc1)N1CCOC[C@@H](Cc2ccc3[nH]ccc3c2)C1. The number of aromatic amines is 1. The van der Waals surface area contributed by atoms with Crippen molar-refractivity contribution in [2.45, 2.75) is 6.42 Å². The van der Waals surface area contributed by atoms with E-state index in [4.69, 9.17) is 4.74 Å². The van der Waals surface area contributed by atoms with Crippen molar-refractivity contribution < 1.29 is 9.53 Å². The topological polar surface area (TPSA) is 45.3 Å². The van der Waals surface area contributed by atoms with Crippen molar-refractivity contribution in [3.05, 3.63) is 58.4 Å². The molecular weight excluding hydrogens is 320 g/mol. The van der Waals surface area contributed by atoms with E-state index < -0.39 is 0 Å². The summed E-state index contributed by atoms with van der Waals surface area (Å²) in [6.07, 6.45) is 2.89. The van der Waals surface area contributed by atoms with Crippen LogP contribution >= 0.6 is 11.3 Å². The third-order valence-electron chi connectivity index (χ3n) is 4.54. The van der Waals surface area contributed by atoms with Gasteiger partial charge in [-0.2, -0.15) is 11.3 Å². The Morgan fingerprint density at radius 1 is 1.33 bits per heavy atom. The van der Waals surface area contributed by atoms with Crippen LogP contribution in [0.5, 0.6) is 0 Å². The standard InChI is InChI=1S/C19H20N2O2S/c22-19(17-4-8-24-13-17)21-6-7-23-12-15(11-21)9-14-1-2-18-16(10-14)3-5-20-18/h1-5,8,10,13,15,20H,6-7,9,11-12H2/t15-/m0/s1. The van der Waals surface area contributed by atoms with Crippen molar-refractivity contribution in [1.82, 2.24) is 9.88 Å². The van der Waals surface area contributed by atoms with Gasteiger partial charge in [0.05, 0.1) is 18.8 Å². The maximum absolute atomic E-state index is 12.6. The molecule has 1 amide bonds. The lowest BCUT2D eigenvalue weighted by molar-refractivity contribution is 0.0738. The number of carbonyl (C=O) groups excluding carboxylic acids is 1. The molecule has 1 atom stereocenters. The molecule has 0 radical (unpaired) electrons. The molecule has 4 rings (SSSR count). The van der Waals surface area contributed by atoms with Gasteiger partial charge < -0.3 is 14.6 Å². The summed E-state index contributed by atoms with van der Waals surface area (Å²) in [4.78, 5) is 17.8. The van der Waals surface area contributed by atoms with E-state index in [0.717, 1.165) is 24.0 Å². The second-order valence-corrected chi connectivity index (χ2v) is 7.09. The van der Waals surface area contributed by atoms with Gasteiger partial charge in [-0.25, -0.2) is 0 Å². The molecule has 1 aromatic carbocycles. The minimum absolute atomic E-state index is 0.118. The number of carbonyl (C=O) groups is 1. The van der Waals surface area contributed by atoms with Gasteiger partial charge in [0.15, 0.2) is 0 Å². The van der Waals surface area contributed by atoms with Crippen LogP contribution in [0.25, 0.3) is 10.9 Å². The van der Waals surface area contributed by atoms with Crippen LogP contribution in [-0.4, -0.2) is 42.1 Å². The summed E-state index contributed by atoms with van der Waals surface area (Å²) in [5, 5.41) is 5.10.